The Kier molecular flexibility index (Phi) is 9.47. The zero-order chi connectivity index (χ0) is 27.3. The van der Waals surface area contributed by atoms with E-state index in [0.29, 0.717) is 16.9 Å². The van der Waals surface area contributed by atoms with Crippen LogP contribution in [0.4, 0.5) is 23.2 Å². The fourth-order valence-electron chi connectivity index (χ4n) is 3.30. The van der Waals surface area contributed by atoms with E-state index in [1.165, 1.54) is 31.2 Å². The van der Waals surface area contributed by atoms with E-state index in [1.54, 1.807) is 0 Å². The number of hydrogen-bond acceptors (Lipinski definition) is 4. The van der Waals surface area contributed by atoms with Crippen molar-refractivity contribution in [3.05, 3.63) is 65.5 Å². The Labute approximate surface area is 208 Å². The summed E-state index contributed by atoms with van der Waals surface area (Å²) < 4.78 is 79.4. The van der Waals surface area contributed by atoms with Crippen LogP contribution in [0.3, 0.4) is 0 Å². The first kappa shape index (κ1) is 29.1. The monoisotopic (exact) mass is 531 g/mol. The number of rotatable bonds is 10. The van der Waals surface area contributed by atoms with Gasteiger partial charge in [0.25, 0.3) is 0 Å². The SMILES string of the molecule is CC(C)CNC(=O)C(C)N(Cc1ccccc1F)C(=O)CN(c1cccc(C(F)(F)F)c1)S(C)(=O)=O. The van der Waals surface area contributed by atoms with E-state index in [0.717, 1.165) is 29.4 Å². The highest BCUT2D eigenvalue weighted by Gasteiger charge is 2.33. The molecule has 0 radical (unpaired) electrons. The molecule has 2 aromatic carbocycles. The lowest BCUT2D eigenvalue weighted by Crippen LogP contribution is -2.51. The number of benzene rings is 2. The second-order valence-corrected chi connectivity index (χ2v) is 10.7. The second-order valence-electron chi connectivity index (χ2n) is 8.75. The summed E-state index contributed by atoms with van der Waals surface area (Å²) in [5.74, 6) is -1.96. The van der Waals surface area contributed by atoms with Gasteiger partial charge in [-0.15, -0.1) is 0 Å². The number of carbonyl (C=O) groups excluding carboxylic acids is 2. The smallest absolute Gasteiger partial charge is 0.354 e. The molecule has 1 unspecified atom stereocenters. The van der Waals surface area contributed by atoms with Gasteiger partial charge in [0.2, 0.25) is 21.8 Å². The Morgan fingerprint density at radius 1 is 1.03 bits per heavy atom. The summed E-state index contributed by atoms with van der Waals surface area (Å²) in [6.45, 7) is 4.20. The minimum absolute atomic E-state index is 0.0827. The van der Waals surface area contributed by atoms with Crippen LogP contribution in [0.5, 0.6) is 0 Å². The minimum Gasteiger partial charge on any atom is -0.354 e. The van der Waals surface area contributed by atoms with Crippen LogP contribution in [0.1, 0.15) is 31.9 Å². The summed E-state index contributed by atoms with van der Waals surface area (Å²) in [7, 11) is -4.21. The lowest BCUT2D eigenvalue weighted by Gasteiger charge is -2.31. The second kappa shape index (κ2) is 11.7. The lowest BCUT2D eigenvalue weighted by molar-refractivity contribution is -0.139. The molecule has 2 rings (SSSR count). The molecule has 7 nitrogen and oxygen atoms in total. The van der Waals surface area contributed by atoms with Crippen molar-refractivity contribution in [2.45, 2.75) is 39.5 Å². The molecule has 2 amide bonds. The maximum absolute atomic E-state index is 14.4. The third-order valence-corrected chi connectivity index (χ3v) is 6.43. The van der Waals surface area contributed by atoms with Gasteiger partial charge in [0.05, 0.1) is 17.5 Å². The molecule has 0 aliphatic heterocycles. The van der Waals surface area contributed by atoms with E-state index in [1.807, 2.05) is 13.8 Å². The number of amides is 2. The van der Waals surface area contributed by atoms with E-state index in [-0.39, 0.29) is 23.7 Å². The molecular weight excluding hydrogens is 502 g/mol. The fraction of sp³-hybridized carbons (Fsp3) is 0.417. The van der Waals surface area contributed by atoms with Gasteiger partial charge in [-0.2, -0.15) is 13.2 Å². The van der Waals surface area contributed by atoms with Crippen molar-refractivity contribution in [3.63, 3.8) is 0 Å². The first-order valence-electron chi connectivity index (χ1n) is 11.1. The summed E-state index contributed by atoms with van der Waals surface area (Å²) in [6.07, 6.45) is -3.98. The van der Waals surface area contributed by atoms with Crippen LogP contribution in [0, 0.1) is 11.7 Å². The molecule has 0 aliphatic carbocycles. The van der Waals surface area contributed by atoms with Gasteiger partial charge in [-0.3, -0.25) is 13.9 Å². The molecule has 0 bridgehead atoms. The lowest BCUT2D eigenvalue weighted by atomic mass is 10.1. The van der Waals surface area contributed by atoms with Crippen LogP contribution in [0.15, 0.2) is 48.5 Å². The van der Waals surface area contributed by atoms with E-state index >= 15 is 0 Å². The Morgan fingerprint density at radius 3 is 2.22 bits per heavy atom. The van der Waals surface area contributed by atoms with E-state index in [2.05, 4.69) is 5.32 Å². The van der Waals surface area contributed by atoms with Crippen molar-refractivity contribution < 1.29 is 35.6 Å². The van der Waals surface area contributed by atoms with Crippen LogP contribution < -0.4 is 9.62 Å². The van der Waals surface area contributed by atoms with Crippen molar-refractivity contribution in [3.8, 4) is 0 Å². The van der Waals surface area contributed by atoms with Crippen LogP contribution in [-0.2, 0) is 32.3 Å². The van der Waals surface area contributed by atoms with Crippen LogP contribution in [-0.4, -0.2) is 50.5 Å². The predicted molar refractivity (Wildman–Crippen MR) is 128 cm³/mol. The number of nitrogens with one attached hydrogen (secondary N) is 1. The van der Waals surface area contributed by atoms with Gasteiger partial charge < -0.3 is 10.2 Å². The maximum Gasteiger partial charge on any atom is 0.416 e. The highest BCUT2D eigenvalue weighted by molar-refractivity contribution is 7.92. The molecule has 0 aliphatic rings. The number of alkyl halides is 3. The van der Waals surface area contributed by atoms with E-state index in [4.69, 9.17) is 0 Å². The molecule has 0 spiro atoms. The molecular formula is C24H29F4N3O4S. The Bertz CT molecular complexity index is 1190. The quantitative estimate of drug-likeness (QED) is 0.473. The molecule has 12 heteroatoms. The first-order chi connectivity index (χ1) is 16.6. The predicted octanol–water partition coefficient (Wildman–Crippen LogP) is 3.80. The third kappa shape index (κ3) is 7.94. The third-order valence-electron chi connectivity index (χ3n) is 5.29. The van der Waals surface area contributed by atoms with Crippen LogP contribution >= 0.6 is 0 Å². The summed E-state index contributed by atoms with van der Waals surface area (Å²) in [6, 6.07) is 8.00. The number of nitrogens with zero attached hydrogens (tertiary/aromatic N) is 2. The Hall–Kier alpha value is -3.15. The van der Waals surface area contributed by atoms with Gasteiger partial charge in [0.1, 0.15) is 18.4 Å². The number of hydrogen-bond donors (Lipinski definition) is 1. The van der Waals surface area contributed by atoms with Crippen molar-refractivity contribution in [2.75, 3.05) is 23.7 Å². The zero-order valence-corrected chi connectivity index (χ0v) is 21.2. The average molecular weight is 532 g/mol. The Balaban J connectivity index is 2.44. The van der Waals surface area contributed by atoms with Crippen molar-refractivity contribution >= 4 is 27.5 Å². The first-order valence-corrected chi connectivity index (χ1v) is 12.9. The molecule has 198 valence electrons. The van der Waals surface area contributed by atoms with E-state index < -0.39 is 52.0 Å². The molecule has 1 atom stereocenters. The van der Waals surface area contributed by atoms with Gasteiger partial charge in [-0.05, 0) is 37.1 Å². The fourth-order valence-corrected chi connectivity index (χ4v) is 4.14. The Morgan fingerprint density at radius 2 is 1.67 bits per heavy atom. The highest BCUT2D eigenvalue weighted by Crippen LogP contribution is 2.32. The molecule has 2 aromatic rings. The topological polar surface area (TPSA) is 86.8 Å². The summed E-state index contributed by atoms with van der Waals surface area (Å²) in [5, 5.41) is 2.67. The molecule has 0 saturated heterocycles. The molecule has 0 fully saturated rings. The number of carbonyl (C=O) groups is 2. The van der Waals surface area contributed by atoms with Gasteiger partial charge in [0, 0.05) is 18.7 Å². The molecule has 1 N–H and O–H groups in total. The van der Waals surface area contributed by atoms with Gasteiger partial charge in [-0.1, -0.05) is 38.1 Å². The molecule has 0 saturated carbocycles. The average Bonchev–Trinajstić information content (AvgIpc) is 2.78. The number of halogens is 4. The van der Waals surface area contributed by atoms with Crippen LogP contribution in [0.2, 0.25) is 0 Å². The van der Waals surface area contributed by atoms with Crippen molar-refractivity contribution in [2.24, 2.45) is 5.92 Å². The van der Waals surface area contributed by atoms with Crippen molar-refractivity contribution in [1.29, 1.82) is 0 Å². The summed E-state index contributed by atoms with van der Waals surface area (Å²) in [4.78, 5) is 27.1. The molecule has 0 aromatic heterocycles. The van der Waals surface area contributed by atoms with Gasteiger partial charge in [-0.25, -0.2) is 12.8 Å². The molecule has 0 heterocycles. The summed E-state index contributed by atoms with van der Waals surface area (Å²) in [5.41, 5.74) is -1.38. The number of anilines is 1. The van der Waals surface area contributed by atoms with Crippen molar-refractivity contribution in [1.82, 2.24) is 10.2 Å². The van der Waals surface area contributed by atoms with Crippen LogP contribution in [0.25, 0.3) is 0 Å². The zero-order valence-electron chi connectivity index (χ0n) is 20.3. The van der Waals surface area contributed by atoms with Gasteiger partial charge in [0.15, 0.2) is 0 Å². The largest absolute Gasteiger partial charge is 0.416 e. The number of sulfonamides is 1. The minimum atomic E-state index is -4.73. The molecule has 36 heavy (non-hydrogen) atoms. The normalized spacial score (nSPS) is 12.8. The standard InChI is InChI=1S/C24H29F4N3O4S/c1-16(2)13-29-23(33)17(3)30(14-18-8-5-6-11-21(18)25)22(32)15-31(36(4,34)35)20-10-7-9-19(12-20)24(26,27)28/h5-12,16-17H,13-15H2,1-4H3,(H,29,33). The maximum atomic E-state index is 14.4. The summed E-state index contributed by atoms with van der Waals surface area (Å²) >= 11 is 0. The van der Waals surface area contributed by atoms with E-state index in [9.17, 15) is 35.6 Å². The highest BCUT2D eigenvalue weighted by atomic mass is 32.2. The van der Waals surface area contributed by atoms with Gasteiger partial charge >= 0.3 is 6.18 Å².